The van der Waals surface area contributed by atoms with Gasteiger partial charge in [0.05, 0.1) is 19.6 Å². The fourth-order valence-corrected chi connectivity index (χ4v) is 4.03. The van der Waals surface area contributed by atoms with Crippen molar-refractivity contribution in [3.63, 3.8) is 0 Å². The van der Waals surface area contributed by atoms with Crippen LogP contribution in [-0.2, 0) is 14.4 Å². The van der Waals surface area contributed by atoms with Gasteiger partial charge >= 0.3 is 12.0 Å². The maximum Gasteiger partial charge on any atom is 0.316 e. The van der Waals surface area contributed by atoms with Crippen molar-refractivity contribution in [2.75, 3.05) is 14.2 Å². The Morgan fingerprint density at radius 1 is 1.12 bits per heavy atom. The van der Waals surface area contributed by atoms with Crippen molar-refractivity contribution >= 4 is 23.7 Å². The van der Waals surface area contributed by atoms with Gasteiger partial charge in [-0.2, -0.15) is 0 Å². The van der Waals surface area contributed by atoms with Crippen LogP contribution in [0.4, 0.5) is 4.79 Å². The third-order valence-electron chi connectivity index (χ3n) is 5.78. The molecule has 2 aromatic rings. The van der Waals surface area contributed by atoms with Crippen LogP contribution in [0.2, 0.25) is 0 Å². The van der Waals surface area contributed by atoms with E-state index in [1.165, 1.54) is 31.3 Å². The zero-order valence-corrected chi connectivity index (χ0v) is 19.4. The number of carboxylic acids is 1. The van der Waals surface area contributed by atoms with E-state index in [1.54, 1.807) is 6.07 Å². The number of carbonyl (C=O) groups is 4. The molecule has 0 saturated heterocycles. The number of likely N-dealkylation sites (N-methyl/N-ethyl adjacent to an activating group) is 1. The van der Waals surface area contributed by atoms with Gasteiger partial charge in [-0.25, -0.2) is 4.79 Å². The fourth-order valence-electron chi connectivity index (χ4n) is 4.03. The Morgan fingerprint density at radius 2 is 1.82 bits per heavy atom. The van der Waals surface area contributed by atoms with Crippen molar-refractivity contribution in [3.8, 4) is 16.9 Å². The lowest BCUT2D eigenvalue weighted by atomic mass is 9.89. The first-order valence-electron chi connectivity index (χ1n) is 10.6. The van der Waals surface area contributed by atoms with Crippen molar-refractivity contribution in [2.24, 2.45) is 0 Å². The number of urea groups is 1. The second-order valence-corrected chi connectivity index (χ2v) is 8.04. The van der Waals surface area contributed by atoms with Gasteiger partial charge in [0.2, 0.25) is 0 Å². The first-order chi connectivity index (χ1) is 16.1. The maximum atomic E-state index is 12.8. The average Bonchev–Trinajstić information content (AvgIpc) is 2.79. The van der Waals surface area contributed by atoms with Gasteiger partial charge in [0.1, 0.15) is 5.75 Å². The largest absolute Gasteiger partial charge is 0.496 e. The van der Waals surface area contributed by atoms with Gasteiger partial charge in [0.25, 0.3) is 5.91 Å². The molecule has 0 fully saturated rings. The number of rotatable bonds is 7. The second kappa shape index (κ2) is 10.2. The minimum atomic E-state index is -1.39. The number of carbonyl (C=O) groups excluding carboxylic acids is 3. The SMILES string of the molecule is COc1ccc(-c2ccccc2C)c(C)c1[C@H](CC(=O)O)NC(=O)NC1C(=O)C=CN(C)C1=O. The summed E-state index contributed by atoms with van der Waals surface area (Å²) in [7, 11) is 2.93. The Morgan fingerprint density at radius 3 is 2.47 bits per heavy atom. The molecule has 3 rings (SSSR count). The highest BCUT2D eigenvalue weighted by Crippen LogP contribution is 2.37. The average molecular weight is 466 g/mol. The Hall–Kier alpha value is -4.14. The summed E-state index contributed by atoms with van der Waals surface area (Å²) in [6, 6.07) is 8.18. The topological polar surface area (TPSA) is 125 Å². The summed E-state index contributed by atoms with van der Waals surface area (Å²) < 4.78 is 5.50. The van der Waals surface area contributed by atoms with Gasteiger partial charge in [0, 0.05) is 24.9 Å². The summed E-state index contributed by atoms with van der Waals surface area (Å²) in [5.74, 6) is -1.88. The van der Waals surface area contributed by atoms with Gasteiger partial charge < -0.3 is 25.4 Å². The molecule has 1 heterocycles. The third-order valence-corrected chi connectivity index (χ3v) is 5.78. The normalized spacial score (nSPS) is 16.2. The Labute approximate surface area is 197 Å². The molecular formula is C25H27N3O6. The molecule has 34 heavy (non-hydrogen) atoms. The van der Waals surface area contributed by atoms with Crippen LogP contribution in [0.3, 0.4) is 0 Å². The monoisotopic (exact) mass is 465 g/mol. The molecule has 0 saturated carbocycles. The van der Waals surface area contributed by atoms with Gasteiger partial charge in [-0.3, -0.25) is 14.4 Å². The van der Waals surface area contributed by atoms with E-state index in [0.29, 0.717) is 11.3 Å². The molecule has 3 N–H and O–H groups in total. The number of hydrogen-bond donors (Lipinski definition) is 3. The Kier molecular flexibility index (Phi) is 7.35. The van der Waals surface area contributed by atoms with E-state index < -0.39 is 42.2 Å². The molecule has 1 unspecified atom stereocenters. The van der Waals surface area contributed by atoms with Crippen molar-refractivity contribution in [1.82, 2.24) is 15.5 Å². The summed E-state index contributed by atoms with van der Waals surface area (Å²) in [5, 5.41) is 14.5. The molecule has 2 aromatic carbocycles. The van der Waals surface area contributed by atoms with Crippen molar-refractivity contribution in [1.29, 1.82) is 0 Å². The molecule has 0 spiro atoms. The van der Waals surface area contributed by atoms with Crippen molar-refractivity contribution < 1.29 is 29.0 Å². The first-order valence-corrected chi connectivity index (χ1v) is 10.6. The number of amides is 3. The number of nitrogens with one attached hydrogen (secondary N) is 2. The lowest BCUT2D eigenvalue weighted by molar-refractivity contribution is -0.138. The maximum absolute atomic E-state index is 12.8. The van der Waals surface area contributed by atoms with Crippen LogP contribution in [0.15, 0.2) is 48.7 Å². The van der Waals surface area contributed by atoms with Gasteiger partial charge in [-0.15, -0.1) is 0 Å². The van der Waals surface area contributed by atoms with Crippen LogP contribution in [0.5, 0.6) is 5.75 Å². The minimum absolute atomic E-state index is 0.411. The molecule has 0 bridgehead atoms. The molecule has 0 aromatic heterocycles. The number of ether oxygens (including phenoxy) is 1. The number of aliphatic carboxylic acids is 1. The molecule has 3 amide bonds. The fraction of sp³-hybridized carbons (Fsp3) is 0.280. The zero-order valence-electron chi connectivity index (χ0n) is 19.4. The number of benzene rings is 2. The number of aryl methyl sites for hydroxylation is 1. The van der Waals surface area contributed by atoms with Crippen LogP contribution >= 0.6 is 0 Å². The molecule has 9 nitrogen and oxygen atoms in total. The standard InChI is InChI=1S/C25H27N3O6/c1-14-7-5-6-8-16(14)17-9-10-20(34-4)22(15(17)2)18(13-21(30)31)26-25(33)27-23-19(29)11-12-28(3)24(23)32/h5-12,18,23H,13H2,1-4H3,(H,30,31)(H2,26,27,33)/t18-,23?/m0/s1. The van der Waals surface area contributed by atoms with Gasteiger partial charge in [0.15, 0.2) is 11.8 Å². The summed E-state index contributed by atoms with van der Waals surface area (Å²) >= 11 is 0. The van der Waals surface area contributed by atoms with E-state index in [1.807, 2.05) is 44.2 Å². The highest BCUT2D eigenvalue weighted by molar-refractivity contribution is 6.14. The summed E-state index contributed by atoms with van der Waals surface area (Å²) in [5.41, 5.74) is 4.12. The van der Waals surface area contributed by atoms with Gasteiger partial charge in [-0.05, 0) is 42.2 Å². The van der Waals surface area contributed by atoms with E-state index in [2.05, 4.69) is 10.6 Å². The number of hydrogen-bond acceptors (Lipinski definition) is 5. The van der Waals surface area contributed by atoms with Crippen LogP contribution in [0, 0.1) is 13.8 Å². The lowest BCUT2D eigenvalue weighted by Crippen LogP contribution is -2.55. The van der Waals surface area contributed by atoms with Crippen LogP contribution < -0.4 is 15.4 Å². The zero-order chi connectivity index (χ0) is 25.0. The Balaban J connectivity index is 1.98. The van der Waals surface area contributed by atoms with E-state index in [0.717, 1.165) is 22.3 Å². The van der Waals surface area contributed by atoms with Crippen LogP contribution in [-0.4, -0.2) is 53.9 Å². The number of methoxy groups -OCH3 is 1. The second-order valence-electron chi connectivity index (χ2n) is 8.04. The van der Waals surface area contributed by atoms with E-state index in [4.69, 9.17) is 4.74 Å². The highest BCUT2D eigenvalue weighted by atomic mass is 16.5. The van der Waals surface area contributed by atoms with Crippen LogP contribution in [0.1, 0.15) is 29.2 Å². The number of carboxylic acid groups (broad SMARTS) is 1. The van der Waals surface area contributed by atoms with Crippen molar-refractivity contribution in [2.45, 2.75) is 32.4 Å². The molecular weight excluding hydrogens is 438 g/mol. The summed E-state index contributed by atoms with van der Waals surface area (Å²) in [6.45, 7) is 3.81. The lowest BCUT2D eigenvalue weighted by Gasteiger charge is -2.27. The molecule has 0 aliphatic carbocycles. The summed E-state index contributed by atoms with van der Waals surface area (Å²) in [6.07, 6.45) is 2.08. The highest BCUT2D eigenvalue weighted by Gasteiger charge is 2.33. The molecule has 1 aliphatic heterocycles. The number of nitrogens with zero attached hydrogens (tertiary/aromatic N) is 1. The smallest absolute Gasteiger partial charge is 0.316 e. The molecule has 1 aliphatic rings. The van der Waals surface area contributed by atoms with Gasteiger partial charge in [-0.1, -0.05) is 30.3 Å². The van der Waals surface area contributed by atoms with Crippen LogP contribution in [0.25, 0.3) is 11.1 Å². The summed E-state index contributed by atoms with van der Waals surface area (Å²) in [4.78, 5) is 50.1. The van der Waals surface area contributed by atoms with E-state index >= 15 is 0 Å². The Bertz CT molecular complexity index is 1170. The molecule has 178 valence electrons. The van der Waals surface area contributed by atoms with E-state index in [9.17, 15) is 24.3 Å². The van der Waals surface area contributed by atoms with E-state index in [-0.39, 0.29) is 0 Å². The minimum Gasteiger partial charge on any atom is -0.496 e. The number of ketones is 1. The van der Waals surface area contributed by atoms with Crippen molar-refractivity contribution in [3.05, 3.63) is 65.4 Å². The quantitative estimate of drug-likeness (QED) is 0.540. The molecule has 0 radical (unpaired) electrons. The first kappa shape index (κ1) is 24.5. The molecule has 9 heteroatoms. The third kappa shape index (κ3) is 5.09. The predicted molar refractivity (Wildman–Crippen MR) is 125 cm³/mol. The predicted octanol–water partition coefficient (Wildman–Crippen LogP) is 2.72. The molecule has 2 atom stereocenters.